The molecule has 1 unspecified atom stereocenters. The van der Waals surface area contributed by atoms with E-state index >= 15 is 0 Å². The van der Waals surface area contributed by atoms with Crippen LogP contribution < -0.4 is 0 Å². The monoisotopic (exact) mass is 266 g/mol. The maximum Gasteiger partial charge on any atom is 0.235 e. The van der Waals surface area contributed by atoms with Crippen LogP contribution in [0.15, 0.2) is 0 Å². The van der Waals surface area contributed by atoms with Gasteiger partial charge in [0.15, 0.2) is 0 Å². The van der Waals surface area contributed by atoms with Gasteiger partial charge in [-0.25, -0.2) is 8.42 Å². The lowest BCUT2D eigenvalue weighted by Gasteiger charge is -2.19. The van der Waals surface area contributed by atoms with Gasteiger partial charge in [0.25, 0.3) is 0 Å². The van der Waals surface area contributed by atoms with E-state index in [2.05, 4.69) is 6.92 Å². The number of hydrogen-bond acceptors (Lipinski definition) is 2. The fourth-order valence-electron chi connectivity index (χ4n) is 2.41. The van der Waals surface area contributed by atoms with E-state index in [0.29, 0.717) is 11.8 Å². The topological polar surface area (TPSA) is 34.1 Å². The zero-order valence-electron chi connectivity index (χ0n) is 10.3. The van der Waals surface area contributed by atoms with Gasteiger partial charge in [-0.05, 0) is 37.5 Å². The molecule has 96 valence electrons. The normalized spacial score (nSPS) is 20.7. The van der Waals surface area contributed by atoms with Gasteiger partial charge in [0.1, 0.15) is 0 Å². The first-order chi connectivity index (χ1) is 7.43. The maximum atomic E-state index is 11.4. The van der Waals surface area contributed by atoms with Gasteiger partial charge in [0.05, 0.1) is 5.25 Å². The molecule has 1 aliphatic rings. The highest BCUT2D eigenvalue weighted by Crippen LogP contribution is 2.54. The highest BCUT2D eigenvalue weighted by Gasteiger charge is 2.45. The van der Waals surface area contributed by atoms with Crippen LogP contribution in [0, 0.1) is 5.41 Å². The van der Waals surface area contributed by atoms with Gasteiger partial charge in [0, 0.05) is 10.7 Å². The molecule has 4 heteroatoms. The second kappa shape index (κ2) is 5.72. The van der Waals surface area contributed by atoms with E-state index in [0.717, 1.165) is 6.42 Å². The van der Waals surface area contributed by atoms with Crippen molar-refractivity contribution in [2.75, 3.05) is 0 Å². The molecule has 0 saturated heterocycles. The summed E-state index contributed by atoms with van der Waals surface area (Å²) >= 11 is 0. The van der Waals surface area contributed by atoms with E-state index in [1.165, 1.54) is 38.5 Å². The zero-order valence-corrected chi connectivity index (χ0v) is 11.9. The molecule has 0 aromatic rings. The molecule has 1 saturated carbocycles. The average molecular weight is 267 g/mol. The molecule has 2 nitrogen and oxygen atoms in total. The minimum Gasteiger partial charge on any atom is -0.212 e. The molecule has 1 rings (SSSR count). The van der Waals surface area contributed by atoms with Crippen molar-refractivity contribution in [2.45, 2.75) is 70.5 Å². The molecular formula is C12H23ClO2S. The number of unbranched alkanes of at least 4 members (excludes halogenated alkanes) is 2. The highest BCUT2D eigenvalue weighted by atomic mass is 35.7. The summed E-state index contributed by atoms with van der Waals surface area (Å²) in [4.78, 5) is 0. The minimum absolute atomic E-state index is 0.317. The molecular weight excluding hydrogens is 244 g/mol. The molecule has 0 bridgehead atoms. The van der Waals surface area contributed by atoms with E-state index in [4.69, 9.17) is 10.7 Å². The van der Waals surface area contributed by atoms with Gasteiger partial charge in [0.2, 0.25) is 9.05 Å². The summed E-state index contributed by atoms with van der Waals surface area (Å²) in [6.07, 6.45) is 8.70. The smallest absolute Gasteiger partial charge is 0.212 e. The predicted octanol–water partition coefficient (Wildman–Crippen LogP) is 4.08. The Balaban J connectivity index is 2.45. The molecule has 0 amide bonds. The Labute approximate surface area is 104 Å². The predicted molar refractivity (Wildman–Crippen MR) is 69.3 cm³/mol. The van der Waals surface area contributed by atoms with Crippen molar-refractivity contribution in [3.05, 3.63) is 0 Å². The second-order valence-corrected chi connectivity index (χ2v) is 8.08. The van der Waals surface area contributed by atoms with Crippen molar-refractivity contribution in [3.8, 4) is 0 Å². The largest absolute Gasteiger partial charge is 0.235 e. The highest BCUT2D eigenvalue weighted by molar-refractivity contribution is 8.14. The number of rotatable bonds is 8. The van der Waals surface area contributed by atoms with E-state index in [1.807, 2.05) is 6.92 Å². The third-order valence-electron chi connectivity index (χ3n) is 3.78. The van der Waals surface area contributed by atoms with Gasteiger partial charge in [-0.15, -0.1) is 0 Å². The first-order valence-corrected chi connectivity index (χ1v) is 8.74. The van der Waals surface area contributed by atoms with Crippen LogP contribution in [0.5, 0.6) is 0 Å². The zero-order chi connectivity index (χ0) is 12.2. The van der Waals surface area contributed by atoms with Crippen LogP contribution in [0.4, 0.5) is 0 Å². The number of halogens is 1. The van der Waals surface area contributed by atoms with Gasteiger partial charge >= 0.3 is 0 Å². The van der Waals surface area contributed by atoms with Crippen LogP contribution in [0.3, 0.4) is 0 Å². The lowest BCUT2D eigenvalue weighted by molar-refractivity contribution is 0.393. The fraction of sp³-hybridized carbons (Fsp3) is 1.00. The quantitative estimate of drug-likeness (QED) is 0.490. The lowest BCUT2D eigenvalue weighted by atomic mass is 9.92. The summed E-state index contributed by atoms with van der Waals surface area (Å²) in [7, 11) is 2.10. The summed E-state index contributed by atoms with van der Waals surface area (Å²) in [5, 5.41) is -0.335. The average Bonchev–Trinajstić information content (AvgIpc) is 2.94. The molecule has 0 spiro atoms. The van der Waals surface area contributed by atoms with Gasteiger partial charge < -0.3 is 0 Å². The Morgan fingerprint density at radius 3 is 2.25 bits per heavy atom. The maximum absolute atomic E-state index is 11.4. The van der Waals surface area contributed by atoms with Crippen LogP contribution in [-0.4, -0.2) is 13.7 Å². The third-order valence-corrected chi connectivity index (χ3v) is 5.83. The summed E-state index contributed by atoms with van der Waals surface area (Å²) in [5.74, 6) is 0. The Morgan fingerprint density at radius 2 is 1.88 bits per heavy atom. The van der Waals surface area contributed by atoms with Crippen LogP contribution in [0.1, 0.15) is 65.2 Å². The Bertz CT molecular complexity index is 307. The van der Waals surface area contributed by atoms with E-state index < -0.39 is 9.05 Å². The van der Waals surface area contributed by atoms with Crippen molar-refractivity contribution in [1.82, 2.24) is 0 Å². The molecule has 16 heavy (non-hydrogen) atoms. The first-order valence-electron chi connectivity index (χ1n) is 6.37. The van der Waals surface area contributed by atoms with E-state index in [-0.39, 0.29) is 5.25 Å². The van der Waals surface area contributed by atoms with E-state index in [1.54, 1.807) is 0 Å². The van der Waals surface area contributed by atoms with Crippen LogP contribution in [0.2, 0.25) is 0 Å². The Kier molecular flexibility index (Phi) is 5.11. The molecule has 1 aliphatic carbocycles. The summed E-state index contributed by atoms with van der Waals surface area (Å²) in [5.41, 5.74) is 0.317. The second-order valence-electron chi connectivity index (χ2n) is 5.17. The molecule has 0 aromatic heterocycles. The minimum atomic E-state index is -3.37. The summed E-state index contributed by atoms with van der Waals surface area (Å²) < 4.78 is 22.7. The van der Waals surface area contributed by atoms with Gasteiger partial charge in [-0.3, -0.25) is 0 Å². The third kappa shape index (κ3) is 4.25. The van der Waals surface area contributed by atoms with Gasteiger partial charge in [-0.1, -0.05) is 33.1 Å². The van der Waals surface area contributed by atoms with Crippen molar-refractivity contribution < 1.29 is 8.42 Å². The van der Waals surface area contributed by atoms with Gasteiger partial charge in [-0.2, -0.15) is 0 Å². The van der Waals surface area contributed by atoms with Crippen molar-refractivity contribution in [1.29, 1.82) is 0 Å². The molecule has 0 aliphatic heterocycles. The Morgan fingerprint density at radius 1 is 1.25 bits per heavy atom. The number of hydrogen-bond donors (Lipinski definition) is 0. The van der Waals surface area contributed by atoms with E-state index in [9.17, 15) is 8.42 Å². The van der Waals surface area contributed by atoms with Crippen LogP contribution >= 0.6 is 10.7 Å². The first kappa shape index (κ1) is 14.3. The molecule has 0 radical (unpaired) electrons. The summed E-state index contributed by atoms with van der Waals surface area (Å²) in [6, 6.07) is 0. The molecule has 0 aromatic carbocycles. The van der Waals surface area contributed by atoms with Crippen molar-refractivity contribution in [2.24, 2.45) is 5.41 Å². The standard InChI is InChI=1S/C12H23ClO2S/c1-3-5-6-7-12(8-9-12)10-11(4-2)16(13,14)15/h11H,3-10H2,1-2H3. The van der Waals surface area contributed by atoms with Crippen molar-refractivity contribution in [3.63, 3.8) is 0 Å². The molecule has 0 heterocycles. The fourth-order valence-corrected chi connectivity index (χ4v) is 3.93. The molecule has 0 N–H and O–H groups in total. The van der Waals surface area contributed by atoms with Crippen LogP contribution in [0.25, 0.3) is 0 Å². The molecule has 1 fully saturated rings. The van der Waals surface area contributed by atoms with Crippen molar-refractivity contribution >= 4 is 19.7 Å². The summed E-state index contributed by atoms with van der Waals surface area (Å²) in [6.45, 7) is 4.10. The lowest BCUT2D eigenvalue weighted by Crippen LogP contribution is -2.20. The SMILES string of the molecule is CCCCCC1(CC(CC)S(=O)(=O)Cl)CC1. The molecule has 1 atom stereocenters. The van der Waals surface area contributed by atoms with Crippen LogP contribution in [-0.2, 0) is 9.05 Å². The Hall–Kier alpha value is 0.240.